The third kappa shape index (κ3) is 6.72. The molecule has 0 amide bonds. The van der Waals surface area contributed by atoms with Crippen LogP contribution in [-0.4, -0.2) is 48.8 Å². The standard InChI is InChI=1S/C35H39FN2O2S/c1-2-3-21-40-34(39)27-13-11-25(12-14-27)23-38-19-17-35(36,18-20-38)24-37-31-22-30(31)33-16-15-32(41-33)29-10-6-8-26-7-4-5-9-28(26)29/h4-16,30-31,37H,2-3,17-24H2,1H3. The van der Waals surface area contributed by atoms with Crippen LogP contribution >= 0.6 is 11.3 Å². The van der Waals surface area contributed by atoms with Gasteiger partial charge in [0, 0.05) is 47.9 Å². The molecule has 214 valence electrons. The van der Waals surface area contributed by atoms with Gasteiger partial charge in [-0.2, -0.15) is 0 Å². The van der Waals surface area contributed by atoms with Gasteiger partial charge in [-0.05, 0) is 71.8 Å². The molecule has 4 nitrogen and oxygen atoms in total. The summed E-state index contributed by atoms with van der Waals surface area (Å²) < 4.78 is 21.0. The number of benzene rings is 3. The lowest BCUT2D eigenvalue weighted by Gasteiger charge is -2.36. The maximum absolute atomic E-state index is 15.7. The SMILES string of the molecule is CCCCOC(=O)c1ccc(CN2CCC(F)(CNC3CC3c3ccc(-c4cccc5ccccc45)s3)CC2)cc1. The molecule has 3 aromatic carbocycles. The molecule has 0 spiro atoms. The molecular formula is C35H39FN2O2S. The Bertz CT molecular complexity index is 1470. The molecule has 1 N–H and O–H groups in total. The van der Waals surface area contributed by atoms with Crippen LogP contribution < -0.4 is 5.32 Å². The van der Waals surface area contributed by atoms with Gasteiger partial charge < -0.3 is 10.1 Å². The van der Waals surface area contributed by atoms with Crippen molar-refractivity contribution in [2.75, 3.05) is 26.2 Å². The van der Waals surface area contributed by atoms with E-state index in [1.54, 1.807) is 0 Å². The third-order valence-corrected chi connectivity index (χ3v) is 9.85. The molecule has 6 heteroatoms. The van der Waals surface area contributed by atoms with Crippen molar-refractivity contribution in [3.8, 4) is 10.4 Å². The number of hydrogen-bond acceptors (Lipinski definition) is 5. The van der Waals surface area contributed by atoms with Gasteiger partial charge in [0.2, 0.25) is 0 Å². The highest BCUT2D eigenvalue weighted by molar-refractivity contribution is 7.15. The van der Waals surface area contributed by atoms with Gasteiger partial charge in [0.1, 0.15) is 5.67 Å². The van der Waals surface area contributed by atoms with Crippen LogP contribution in [0.25, 0.3) is 21.2 Å². The summed E-state index contributed by atoms with van der Waals surface area (Å²) in [6.07, 6.45) is 4.06. The molecular weight excluding hydrogens is 531 g/mol. The summed E-state index contributed by atoms with van der Waals surface area (Å²) in [5.41, 5.74) is 1.86. The highest BCUT2D eigenvalue weighted by Crippen LogP contribution is 2.46. The molecule has 1 aromatic heterocycles. The number of piperidine rings is 1. The summed E-state index contributed by atoms with van der Waals surface area (Å²) in [6, 6.07) is 27.6. The Hall–Kier alpha value is -3.06. The van der Waals surface area contributed by atoms with Gasteiger partial charge in [-0.3, -0.25) is 4.90 Å². The Balaban J connectivity index is 0.958. The number of hydrogen-bond donors (Lipinski definition) is 1. The van der Waals surface area contributed by atoms with E-state index in [0.29, 0.717) is 43.5 Å². The van der Waals surface area contributed by atoms with Gasteiger partial charge in [-0.15, -0.1) is 11.3 Å². The number of halogens is 1. The van der Waals surface area contributed by atoms with Crippen LogP contribution in [0.4, 0.5) is 4.39 Å². The number of nitrogens with one attached hydrogen (secondary N) is 1. The third-order valence-electron chi connectivity index (χ3n) is 8.60. The first-order valence-corrected chi connectivity index (χ1v) is 15.8. The van der Waals surface area contributed by atoms with E-state index in [4.69, 9.17) is 4.74 Å². The second-order valence-corrected chi connectivity index (χ2v) is 12.8. The zero-order valence-corrected chi connectivity index (χ0v) is 24.6. The second-order valence-electron chi connectivity index (χ2n) is 11.7. The lowest BCUT2D eigenvalue weighted by molar-refractivity contribution is 0.0498. The van der Waals surface area contributed by atoms with E-state index >= 15 is 4.39 Å². The monoisotopic (exact) mass is 570 g/mol. The topological polar surface area (TPSA) is 41.6 Å². The Morgan fingerprint density at radius 2 is 1.80 bits per heavy atom. The number of rotatable bonds is 11. The highest BCUT2D eigenvalue weighted by atomic mass is 32.1. The van der Waals surface area contributed by atoms with E-state index in [-0.39, 0.29) is 5.97 Å². The van der Waals surface area contributed by atoms with E-state index < -0.39 is 5.67 Å². The van der Waals surface area contributed by atoms with E-state index in [2.05, 4.69) is 71.7 Å². The first kappa shape index (κ1) is 28.1. The van der Waals surface area contributed by atoms with Crippen LogP contribution in [0.15, 0.2) is 78.9 Å². The van der Waals surface area contributed by atoms with Gasteiger partial charge in [-0.1, -0.05) is 67.9 Å². The molecule has 6 rings (SSSR count). The zero-order chi connectivity index (χ0) is 28.2. The van der Waals surface area contributed by atoms with Crippen LogP contribution in [0.3, 0.4) is 0 Å². The van der Waals surface area contributed by atoms with Crippen LogP contribution in [0, 0.1) is 0 Å². The molecule has 41 heavy (non-hydrogen) atoms. The number of fused-ring (bicyclic) bond motifs is 1. The average Bonchev–Trinajstić information content (AvgIpc) is 3.62. The number of likely N-dealkylation sites (tertiary alicyclic amines) is 1. The number of carbonyl (C=O) groups excluding carboxylic acids is 1. The summed E-state index contributed by atoms with van der Waals surface area (Å²) in [4.78, 5) is 17.1. The van der Waals surface area contributed by atoms with Crippen molar-refractivity contribution in [1.29, 1.82) is 0 Å². The number of nitrogens with zero attached hydrogens (tertiary/aromatic N) is 1. The molecule has 1 aliphatic carbocycles. The molecule has 1 aliphatic heterocycles. The van der Waals surface area contributed by atoms with Crippen molar-refractivity contribution < 1.29 is 13.9 Å². The van der Waals surface area contributed by atoms with Crippen LogP contribution in [0.2, 0.25) is 0 Å². The van der Waals surface area contributed by atoms with Gasteiger partial charge in [0.25, 0.3) is 0 Å². The molecule has 2 atom stereocenters. The first-order valence-electron chi connectivity index (χ1n) is 15.0. The smallest absolute Gasteiger partial charge is 0.338 e. The molecule has 1 saturated carbocycles. The highest BCUT2D eigenvalue weighted by Gasteiger charge is 2.42. The fourth-order valence-corrected chi connectivity index (χ4v) is 7.10. The predicted octanol–water partition coefficient (Wildman–Crippen LogP) is 7.98. The molecule has 2 aliphatic rings. The van der Waals surface area contributed by atoms with Crippen molar-refractivity contribution in [1.82, 2.24) is 10.2 Å². The Labute approximate surface area is 246 Å². The molecule has 2 fully saturated rings. The minimum absolute atomic E-state index is 0.264. The summed E-state index contributed by atoms with van der Waals surface area (Å²) in [7, 11) is 0. The molecule has 1 saturated heterocycles. The van der Waals surface area contributed by atoms with Crippen molar-refractivity contribution >= 4 is 28.1 Å². The number of thiophene rings is 1. The van der Waals surface area contributed by atoms with Crippen molar-refractivity contribution in [2.45, 2.75) is 63.2 Å². The van der Waals surface area contributed by atoms with Gasteiger partial charge in [-0.25, -0.2) is 9.18 Å². The van der Waals surface area contributed by atoms with Crippen LogP contribution in [0.1, 0.15) is 65.7 Å². The van der Waals surface area contributed by atoms with E-state index in [0.717, 1.165) is 44.5 Å². The lowest BCUT2D eigenvalue weighted by atomic mass is 9.93. The molecule has 2 heterocycles. The van der Waals surface area contributed by atoms with E-state index in [1.165, 1.54) is 26.1 Å². The van der Waals surface area contributed by atoms with Crippen molar-refractivity contribution in [3.63, 3.8) is 0 Å². The largest absolute Gasteiger partial charge is 0.462 e. The minimum Gasteiger partial charge on any atom is -0.462 e. The maximum atomic E-state index is 15.7. The number of esters is 1. The summed E-state index contributed by atoms with van der Waals surface area (Å²) in [5.74, 6) is 0.222. The Morgan fingerprint density at radius 3 is 2.61 bits per heavy atom. The lowest BCUT2D eigenvalue weighted by Crippen LogP contribution is -2.47. The average molecular weight is 571 g/mol. The zero-order valence-electron chi connectivity index (χ0n) is 23.8. The van der Waals surface area contributed by atoms with Gasteiger partial charge >= 0.3 is 5.97 Å². The van der Waals surface area contributed by atoms with Crippen molar-refractivity contribution in [3.05, 3.63) is 94.9 Å². The Kier molecular flexibility index (Phi) is 8.52. The van der Waals surface area contributed by atoms with Crippen LogP contribution in [-0.2, 0) is 11.3 Å². The van der Waals surface area contributed by atoms with Gasteiger partial charge in [0.05, 0.1) is 12.2 Å². The first-order chi connectivity index (χ1) is 20.0. The normalized spacial score (nSPS) is 20.2. The molecule has 2 unspecified atom stereocenters. The number of unbranched alkanes of at least 4 members (excludes halogenated alkanes) is 1. The quantitative estimate of drug-likeness (QED) is 0.147. The second kappa shape index (κ2) is 12.4. The van der Waals surface area contributed by atoms with Gasteiger partial charge in [0.15, 0.2) is 0 Å². The number of alkyl halides is 1. The fraction of sp³-hybridized carbons (Fsp3) is 0.400. The predicted molar refractivity (Wildman–Crippen MR) is 166 cm³/mol. The molecule has 4 aromatic rings. The van der Waals surface area contributed by atoms with Crippen LogP contribution in [0.5, 0.6) is 0 Å². The maximum Gasteiger partial charge on any atom is 0.338 e. The summed E-state index contributed by atoms with van der Waals surface area (Å²) >= 11 is 1.88. The molecule has 0 radical (unpaired) electrons. The minimum atomic E-state index is -1.15. The van der Waals surface area contributed by atoms with E-state index in [1.807, 2.05) is 35.6 Å². The van der Waals surface area contributed by atoms with Crippen molar-refractivity contribution in [2.24, 2.45) is 0 Å². The number of ether oxygens (including phenoxy) is 1. The fourth-order valence-electron chi connectivity index (χ4n) is 5.87. The summed E-state index contributed by atoms with van der Waals surface area (Å²) in [6.45, 7) is 5.23. The van der Waals surface area contributed by atoms with E-state index in [9.17, 15) is 4.79 Å². The summed E-state index contributed by atoms with van der Waals surface area (Å²) in [5, 5.41) is 6.12. The Morgan fingerprint density at radius 1 is 1.02 bits per heavy atom. The molecule has 0 bridgehead atoms. The number of carbonyl (C=O) groups is 1.